The van der Waals surface area contributed by atoms with Crippen LogP contribution in [-0.4, -0.2) is 78.2 Å². The SMILES string of the molecule is CCCCc1nc(OC)n(-c2ccccc2)c(=O)c1Cc1ccc(-c2ccccc2-c2noc(=O)[nH]2)cc1.[KH]. The van der Waals surface area contributed by atoms with Crippen LogP contribution in [0.4, 0.5) is 0 Å². The summed E-state index contributed by atoms with van der Waals surface area (Å²) in [5.41, 5.74) is 5.63. The maximum atomic E-state index is 13.8. The number of methoxy groups -OCH3 is 1. The maximum absolute atomic E-state index is 13.8. The summed E-state index contributed by atoms with van der Waals surface area (Å²) in [5, 5.41) is 3.84. The van der Waals surface area contributed by atoms with Crippen LogP contribution < -0.4 is 16.1 Å². The molecule has 0 atom stereocenters. The van der Waals surface area contributed by atoms with Crippen molar-refractivity contribution >= 4 is 51.4 Å². The van der Waals surface area contributed by atoms with Gasteiger partial charge < -0.3 is 4.74 Å². The second kappa shape index (κ2) is 13.3. The van der Waals surface area contributed by atoms with Gasteiger partial charge in [-0.15, -0.1) is 0 Å². The second-order valence-corrected chi connectivity index (χ2v) is 8.97. The third kappa shape index (κ3) is 6.39. The molecule has 8 nitrogen and oxygen atoms in total. The van der Waals surface area contributed by atoms with E-state index in [0.29, 0.717) is 29.9 Å². The van der Waals surface area contributed by atoms with Crippen molar-refractivity contribution in [1.82, 2.24) is 19.7 Å². The molecule has 0 amide bonds. The monoisotopic (exact) mass is 548 g/mol. The quantitative estimate of drug-likeness (QED) is 0.272. The first-order valence-electron chi connectivity index (χ1n) is 12.6. The van der Waals surface area contributed by atoms with Crippen molar-refractivity contribution in [2.24, 2.45) is 0 Å². The first-order chi connectivity index (χ1) is 18.6. The fourth-order valence-electron chi connectivity index (χ4n) is 4.54. The van der Waals surface area contributed by atoms with Crippen LogP contribution in [0, 0.1) is 0 Å². The molecule has 194 valence electrons. The van der Waals surface area contributed by atoms with Gasteiger partial charge in [-0.3, -0.25) is 14.3 Å². The van der Waals surface area contributed by atoms with Crippen LogP contribution in [0.1, 0.15) is 36.6 Å². The second-order valence-electron chi connectivity index (χ2n) is 8.97. The van der Waals surface area contributed by atoms with Crippen molar-refractivity contribution in [1.29, 1.82) is 0 Å². The van der Waals surface area contributed by atoms with E-state index in [-0.39, 0.29) is 63.0 Å². The van der Waals surface area contributed by atoms with Gasteiger partial charge in [-0.2, -0.15) is 0 Å². The Morgan fingerprint density at radius 2 is 1.62 bits per heavy atom. The molecule has 0 aliphatic rings. The number of benzene rings is 3. The number of aromatic nitrogens is 4. The van der Waals surface area contributed by atoms with Crippen molar-refractivity contribution in [2.75, 3.05) is 7.11 Å². The molecule has 1 N–H and O–H groups in total. The number of para-hydroxylation sites is 1. The van der Waals surface area contributed by atoms with E-state index in [0.717, 1.165) is 40.8 Å². The van der Waals surface area contributed by atoms with Gasteiger partial charge in [-0.1, -0.05) is 85.2 Å². The zero-order valence-corrected chi connectivity index (χ0v) is 21.3. The zero-order chi connectivity index (χ0) is 26.5. The summed E-state index contributed by atoms with van der Waals surface area (Å²) in [4.78, 5) is 32.7. The van der Waals surface area contributed by atoms with Crippen LogP contribution >= 0.6 is 0 Å². The molecule has 0 aliphatic heterocycles. The molecule has 2 aromatic heterocycles. The van der Waals surface area contributed by atoms with E-state index in [4.69, 9.17) is 14.2 Å². The third-order valence-electron chi connectivity index (χ3n) is 6.46. The number of ether oxygens (including phenoxy) is 1. The van der Waals surface area contributed by atoms with Crippen molar-refractivity contribution in [2.45, 2.75) is 32.6 Å². The first-order valence-corrected chi connectivity index (χ1v) is 12.6. The van der Waals surface area contributed by atoms with E-state index >= 15 is 0 Å². The summed E-state index contributed by atoms with van der Waals surface area (Å²) in [6.07, 6.45) is 3.07. The van der Waals surface area contributed by atoms with Crippen LogP contribution in [0.2, 0.25) is 0 Å². The van der Waals surface area contributed by atoms with Gasteiger partial charge in [0, 0.05) is 17.5 Å². The molecule has 0 bridgehead atoms. The number of H-pyrrole nitrogens is 1. The molecular weight excluding hydrogens is 519 g/mol. The van der Waals surface area contributed by atoms with E-state index in [1.54, 1.807) is 0 Å². The van der Waals surface area contributed by atoms with E-state index in [1.807, 2.05) is 78.9 Å². The minimum atomic E-state index is -0.599. The molecular formula is C30H29KN4O4. The number of rotatable bonds is 9. The molecule has 2 heterocycles. The fourth-order valence-corrected chi connectivity index (χ4v) is 4.54. The predicted octanol–water partition coefficient (Wildman–Crippen LogP) is 4.54. The number of nitrogens with zero attached hydrogens (tertiary/aromatic N) is 3. The molecule has 0 fully saturated rings. The van der Waals surface area contributed by atoms with Crippen molar-refractivity contribution in [3.63, 3.8) is 0 Å². The molecule has 0 aliphatic carbocycles. The van der Waals surface area contributed by atoms with Crippen LogP contribution in [-0.2, 0) is 12.8 Å². The average molecular weight is 549 g/mol. The molecule has 5 rings (SSSR count). The van der Waals surface area contributed by atoms with Gasteiger partial charge in [0.1, 0.15) is 0 Å². The van der Waals surface area contributed by atoms with Gasteiger partial charge in [-0.05, 0) is 41.7 Å². The summed E-state index contributed by atoms with van der Waals surface area (Å²) < 4.78 is 11.8. The van der Waals surface area contributed by atoms with E-state index in [9.17, 15) is 9.59 Å². The number of hydrogen-bond acceptors (Lipinski definition) is 6. The topological polar surface area (TPSA) is 103 Å². The van der Waals surface area contributed by atoms with Crippen molar-refractivity contribution in [3.05, 3.63) is 117 Å². The average Bonchev–Trinajstić information content (AvgIpc) is 3.40. The molecule has 5 aromatic rings. The van der Waals surface area contributed by atoms with Gasteiger partial charge in [0.2, 0.25) is 0 Å². The predicted molar refractivity (Wildman–Crippen MR) is 153 cm³/mol. The number of aromatic amines is 1. The van der Waals surface area contributed by atoms with Crippen molar-refractivity contribution < 1.29 is 9.26 Å². The summed E-state index contributed by atoms with van der Waals surface area (Å²) in [6.45, 7) is 2.12. The van der Waals surface area contributed by atoms with Gasteiger partial charge in [0.05, 0.1) is 18.5 Å². The van der Waals surface area contributed by atoms with Gasteiger partial charge in [0.25, 0.3) is 5.56 Å². The van der Waals surface area contributed by atoms with Gasteiger partial charge in [-0.25, -0.2) is 14.3 Å². The fraction of sp³-hybridized carbons (Fsp3) is 0.200. The number of unbranched alkanes of at least 4 members (excludes halogenated alkanes) is 1. The Bertz CT molecular complexity index is 1660. The standard InChI is InChI=1S/C30H28N4O4.K.H/c1-3-4-14-26-25(28(35)34(29(31-26)37-2)22-10-6-5-7-11-22)19-20-15-17-21(18-16-20)23-12-8-9-13-24(23)27-32-30(36)38-33-27;;/h5-13,15-18H,3-4,14,19H2,1-2H3,(H,32,33,36);;. The van der Waals surface area contributed by atoms with Gasteiger partial charge in [0.15, 0.2) is 5.82 Å². The number of nitrogens with one attached hydrogen (secondary N) is 1. The van der Waals surface area contributed by atoms with E-state index < -0.39 is 5.76 Å². The Morgan fingerprint density at radius 1 is 0.923 bits per heavy atom. The van der Waals surface area contributed by atoms with Crippen LogP contribution in [0.5, 0.6) is 6.01 Å². The molecule has 3 aromatic carbocycles. The Balaban J connectivity index is 0.00000353. The van der Waals surface area contributed by atoms with Crippen LogP contribution in [0.3, 0.4) is 0 Å². The Morgan fingerprint density at radius 3 is 2.26 bits per heavy atom. The third-order valence-corrected chi connectivity index (χ3v) is 6.46. The van der Waals surface area contributed by atoms with Crippen molar-refractivity contribution in [3.8, 4) is 34.2 Å². The van der Waals surface area contributed by atoms with E-state index in [1.165, 1.54) is 11.7 Å². The summed E-state index contributed by atoms with van der Waals surface area (Å²) in [6, 6.07) is 25.4. The van der Waals surface area contributed by atoms with Crippen LogP contribution in [0.25, 0.3) is 28.2 Å². The molecule has 0 spiro atoms. The Hall–Kier alpha value is -3.08. The Labute approximate surface area is 268 Å². The zero-order valence-electron chi connectivity index (χ0n) is 21.3. The van der Waals surface area contributed by atoms with Gasteiger partial charge >= 0.3 is 63.2 Å². The summed E-state index contributed by atoms with van der Waals surface area (Å²) >= 11 is 0. The normalized spacial score (nSPS) is 10.7. The van der Waals surface area contributed by atoms with E-state index in [2.05, 4.69) is 17.1 Å². The molecule has 0 saturated heterocycles. The molecule has 0 unspecified atom stereocenters. The van der Waals surface area contributed by atoms with Crippen LogP contribution in [0.15, 0.2) is 93.0 Å². The first kappa shape index (κ1) is 28.9. The summed E-state index contributed by atoms with van der Waals surface area (Å²) in [7, 11) is 1.54. The molecule has 9 heteroatoms. The summed E-state index contributed by atoms with van der Waals surface area (Å²) in [5.74, 6) is -0.223. The molecule has 0 radical (unpaired) electrons. The Kier molecular flexibility index (Phi) is 9.87. The number of hydrogen-bond donors (Lipinski definition) is 1. The molecule has 0 saturated carbocycles. The molecule has 39 heavy (non-hydrogen) atoms. The number of aryl methyl sites for hydroxylation is 1. The minimum absolute atomic E-state index is 0.